The Morgan fingerprint density at radius 2 is 1.16 bits per heavy atom. The smallest absolute Gasteiger partial charge is 0.208 e. The van der Waals surface area contributed by atoms with Crippen LogP contribution in [-0.2, 0) is 0 Å². The third-order valence-electron chi connectivity index (χ3n) is 3.57. The van der Waals surface area contributed by atoms with Gasteiger partial charge in [-0.1, -0.05) is 84.8 Å². The molecule has 3 nitrogen and oxygen atoms in total. The fourth-order valence-electron chi connectivity index (χ4n) is 2.38. The minimum atomic E-state index is -0.418. The van der Waals surface area contributed by atoms with E-state index in [1.54, 1.807) is 24.3 Å². The van der Waals surface area contributed by atoms with E-state index >= 15 is 0 Å². The molecule has 1 aromatic heterocycles. The number of hydrogen-bond acceptors (Lipinski definition) is 3. The van der Waals surface area contributed by atoms with Crippen LogP contribution in [0.4, 0.5) is 0 Å². The molecule has 120 valence electrons. The fourth-order valence-corrected chi connectivity index (χ4v) is 2.54. The molecule has 4 rings (SSSR count). The first-order valence-corrected chi connectivity index (χ1v) is 7.89. The summed E-state index contributed by atoms with van der Waals surface area (Å²) in [6.45, 7) is 0. The van der Waals surface area contributed by atoms with Crippen LogP contribution in [0.5, 0.6) is 0 Å². The Labute approximate surface area is 158 Å². The van der Waals surface area contributed by atoms with E-state index in [9.17, 15) is 0 Å². The lowest BCUT2D eigenvalue weighted by atomic mass is 10.0. The van der Waals surface area contributed by atoms with Crippen LogP contribution in [0, 0.1) is 0 Å². The van der Waals surface area contributed by atoms with Crippen LogP contribution in [0.2, 0.25) is 5.28 Å². The van der Waals surface area contributed by atoms with Crippen LogP contribution in [0.25, 0.3) is 33.9 Å². The van der Waals surface area contributed by atoms with Gasteiger partial charge in [-0.2, -0.15) is 9.97 Å². The summed E-state index contributed by atoms with van der Waals surface area (Å²) in [6.07, 6.45) is 0. The van der Waals surface area contributed by atoms with E-state index in [4.69, 9.17) is 18.5 Å². The molecular weight excluding hydrogens is 330 g/mol. The van der Waals surface area contributed by atoms with Crippen molar-refractivity contribution in [3.63, 3.8) is 0 Å². The molecule has 0 atom stereocenters. The molecule has 0 unspecified atom stereocenters. The van der Waals surface area contributed by atoms with Gasteiger partial charge in [0.15, 0.2) is 11.6 Å². The first-order chi connectivity index (χ1) is 14.4. The SMILES string of the molecule is [2H]c1c([2H])c([2H])c(-c2ccc(-c3nc(Cl)nc(-c4ccccc4)n3)cc2)c([2H])c1[2H]. The lowest BCUT2D eigenvalue weighted by Gasteiger charge is -2.06. The van der Waals surface area contributed by atoms with Crippen molar-refractivity contribution in [2.75, 3.05) is 0 Å². The second-order valence-corrected chi connectivity index (χ2v) is 5.53. The molecule has 0 aliphatic heterocycles. The highest BCUT2D eigenvalue weighted by Crippen LogP contribution is 2.25. The minimum absolute atomic E-state index is 0.0635. The topological polar surface area (TPSA) is 38.7 Å². The monoisotopic (exact) mass is 348 g/mol. The Balaban J connectivity index is 1.77. The van der Waals surface area contributed by atoms with E-state index in [0.717, 1.165) is 5.56 Å². The summed E-state index contributed by atoms with van der Waals surface area (Å²) >= 11 is 6.10. The summed E-state index contributed by atoms with van der Waals surface area (Å²) in [5, 5.41) is 0.0635. The van der Waals surface area contributed by atoms with Gasteiger partial charge >= 0.3 is 0 Å². The van der Waals surface area contributed by atoms with Gasteiger partial charge < -0.3 is 0 Å². The summed E-state index contributed by atoms with van der Waals surface area (Å²) in [6, 6.07) is 14.5. The van der Waals surface area contributed by atoms with Crippen LogP contribution < -0.4 is 0 Å². The molecule has 0 fully saturated rings. The van der Waals surface area contributed by atoms with E-state index in [-0.39, 0.29) is 35.0 Å². The second kappa shape index (κ2) is 6.83. The quantitative estimate of drug-likeness (QED) is 0.489. The molecule has 1 heterocycles. The molecule has 0 aliphatic rings. The molecule has 0 saturated carbocycles. The number of aromatic nitrogens is 3. The van der Waals surface area contributed by atoms with Crippen LogP contribution in [0.15, 0.2) is 84.8 Å². The molecule has 0 bridgehead atoms. The Bertz CT molecular complexity index is 1220. The first-order valence-electron chi connectivity index (χ1n) is 10.0. The highest BCUT2D eigenvalue weighted by molar-refractivity contribution is 6.28. The predicted octanol–water partition coefficient (Wildman–Crippen LogP) is 5.53. The predicted molar refractivity (Wildman–Crippen MR) is 101 cm³/mol. The normalized spacial score (nSPS) is 13.4. The van der Waals surface area contributed by atoms with Gasteiger partial charge in [0.25, 0.3) is 0 Å². The van der Waals surface area contributed by atoms with Gasteiger partial charge in [0.05, 0.1) is 6.85 Å². The van der Waals surface area contributed by atoms with E-state index in [2.05, 4.69) is 15.0 Å². The molecule has 0 spiro atoms. The Kier molecular flexibility index (Phi) is 2.94. The van der Waals surface area contributed by atoms with Gasteiger partial charge in [0, 0.05) is 11.1 Å². The molecule has 0 radical (unpaired) electrons. The van der Waals surface area contributed by atoms with Gasteiger partial charge in [0.1, 0.15) is 0 Å². The second-order valence-electron chi connectivity index (χ2n) is 5.20. The van der Waals surface area contributed by atoms with Crippen molar-refractivity contribution >= 4 is 11.6 Å². The lowest BCUT2D eigenvalue weighted by Crippen LogP contribution is -1.97. The van der Waals surface area contributed by atoms with Gasteiger partial charge in [0.2, 0.25) is 5.28 Å². The summed E-state index contributed by atoms with van der Waals surface area (Å²) in [5.74, 6) is 0.821. The first kappa shape index (κ1) is 10.7. The maximum Gasteiger partial charge on any atom is 0.226 e. The summed E-state index contributed by atoms with van der Waals surface area (Å²) < 4.78 is 39.6. The van der Waals surface area contributed by atoms with E-state index in [1.165, 1.54) is 0 Å². The molecule has 0 amide bonds. The van der Waals surface area contributed by atoms with E-state index in [1.807, 2.05) is 30.3 Å². The summed E-state index contributed by atoms with van der Waals surface area (Å²) in [4.78, 5) is 12.9. The zero-order valence-corrected chi connectivity index (χ0v) is 13.7. The van der Waals surface area contributed by atoms with Crippen molar-refractivity contribution in [2.45, 2.75) is 0 Å². The third kappa shape index (κ3) is 3.42. The third-order valence-corrected chi connectivity index (χ3v) is 3.74. The maximum absolute atomic E-state index is 8.12. The molecule has 0 N–H and O–H groups in total. The van der Waals surface area contributed by atoms with Gasteiger partial charge in [-0.15, -0.1) is 0 Å². The number of rotatable bonds is 3. The van der Waals surface area contributed by atoms with Crippen molar-refractivity contribution in [3.8, 4) is 33.9 Å². The van der Waals surface area contributed by atoms with E-state index in [0.29, 0.717) is 22.8 Å². The van der Waals surface area contributed by atoms with Crippen LogP contribution in [-0.4, -0.2) is 15.0 Å². The number of halogens is 1. The Morgan fingerprint density at radius 1 is 0.600 bits per heavy atom. The largest absolute Gasteiger partial charge is 0.226 e. The number of nitrogens with zero attached hydrogens (tertiary/aromatic N) is 3. The van der Waals surface area contributed by atoms with Gasteiger partial charge in [-0.25, -0.2) is 4.98 Å². The van der Waals surface area contributed by atoms with Crippen molar-refractivity contribution in [3.05, 3.63) is 90.1 Å². The number of hydrogen-bond donors (Lipinski definition) is 0. The van der Waals surface area contributed by atoms with Crippen molar-refractivity contribution < 1.29 is 6.85 Å². The highest BCUT2D eigenvalue weighted by Gasteiger charge is 2.09. The molecule has 3 aromatic carbocycles. The Morgan fingerprint density at radius 3 is 1.80 bits per heavy atom. The molecular formula is C21H14ClN3. The van der Waals surface area contributed by atoms with Crippen molar-refractivity contribution in [1.82, 2.24) is 15.0 Å². The van der Waals surface area contributed by atoms with Crippen LogP contribution >= 0.6 is 11.6 Å². The summed E-state index contributed by atoms with van der Waals surface area (Å²) in [5.41, 5.74) is 2.11. The minimum Gasteiger partial charge on any atom is -0.208 e. The van der Waals surface area contributed by atoms with Crippen LogP contribution in [0.1, 0.15) is 6.85 Å². The van der Waals surface area contributed by atoms with Crippen molar-refractivity contribution in [1.29, 1.82) is 0 Å². The Hall–Kier alpha value is -3.04. The fraction of sp³-hybridized carbons (Fsp3) is 0. The molecule has 0 aliphatic carbocycles. The number of benzene rings is 3. The van der Waals surface area contributed by atoms with Crippen molar-refractivity contribution in [2.24, 2.45) is 0 Å². The molecule has 4 aromatic rings. The van der Waals surface area contributed by atoms with Crippen LogP contribution in [0.3, 0.4) is 0 Å². The average molecular weight is 349 g/mol. The summed E-state index contributed by atoms with van der Waals surface area (Å²) in [7, 11) is 0. The van der Waals surface area contributed by atoms with Gasteiger partial charge in [-0.3, -0.25) is 0 Å². The lowest BCUT2D eigenvalue weighted by molar-refractivity contribution is 1.07. The average Bonchev–Trinajstić information content (AvgIpc) is 2.77. The maximum atomic E-state index is 8.12. The molecule has 25 heavy (non-hydrogen) atoms. The zero-order valence-electron chi connectivity index (χ0n) is 17.9. The molecule has 4 heteroatoms. The van der Waals surface area contributed by atoms with E-state index < -0.39 is 6.04 Å². The molecule has 0 saturated heterocycles. The highest BCUT2D eigenvalue weighted by atomic mass is 35.5. The zero-order chi connectivity index (χ0) is 21.4. The van der Waals surface area contributed by atoms with Gasteiger partial charge in [-0.05, 0) is 22.7 Å². The standard InChI is InChI=1S/C21H14ClN3/c22-21-24-19(17-9-5-2-6-10-17)23-20(25-21)18-13-11-16(12-14-18)15-7-3-1-4-8-15/h1-14H/i1D,3D,4D,7D,8D.